The first kappa shape index (κ1) is 21.4. The van der Waals surface area contributed by atoms with Crippen molar-refractivity contribution in [2.75, 3.05) is 12.9 Å². The minimum atomic E-state index is -1.28. The summed E-state index contributed by atoms with van der Waals surface area (Å²) in [7, 11) is 0. The average molecular weight is 425 g/mol. The highest BCUT2D eigenvalue weighted by Gasteiger charge is 2.44. The van der Waals surface area contributed by atoms with Crippen molar-refractivity contribution in [1.82, 2.24) is 0 Å². The van der Waals surface area contributed by atoms with Crippen molar-refractivity contribution < 1.29 is 24.8 Å². The van der Waals surface area contributed by atoms with Crippen LogP contribution in [0.5, 0.6) is 5.75 Å². The standard InChI is InChI=1S/C21H25ClO5S/c1-3-26-15-7-4-12(5-8-15)10-14-11-13(6-9-16(14)22)20-18(24)17(23)19(25)21(27-20)28-2/h4-9,11,17-21,23-25H,3,10H2,1-2H3/t17-,18?,19+,20?,21-/m1/s1. The fourth-order valence-corrected chi connectivity index (χ4v) is 4.17. The highest BCUT2D eigenvalue weighted by molar-refractivity contribution is 7.99. The van der Waals surface area contributed by atoms with Crippen LogP contribution >= 0.6 is 23.4 Å². The minimum Gasteiger partial charge on any atom is -0.494 e. The van der Waals surface area contributed by atoms with Crippen molar-refractivity contribution in [3.05, 3.63) is 64.2 Å². The molecule has 1 heterocycles. The summed E-state index contributed by atoms with van der Waals surface area (Å²) in [6, 6.07) is 13.3. The molecule has 3 rings (SSSR count). The van der Waals surface area contributed by atoms with Gasteiger partial charge in [-0.1, -0.05) is 35.9 Å². The van der Waals surface area contributed by atoms with E-state index in [-0.39, 0.29) is 0 Å². The zero-order valence-electron chi connectivity index (χ0n) is 15.8. The molecule has 0 aromatic heterocycles. The lowest BCUT2D eigenvalue weighted by atomic mass is 9.92. The van der Waals surface area contributed by atoms with Crippen molar-refractivity contribution in [2.45, 2.75) is 43.2 Å². The van der Waals surface area contributed by atoms with E-state index in [0.717, 1.165) is 16.9 Å². The van der Waals surface area contributed by atoms with Gasteiger partial charge < -0.3 is 24.8 Å². The van der Waals surface area contributed by atoms with E-state index in [1.54, 1.807) is 18.4 Å². The third-order valence-corrected chi connectivity index (χ3v) is 6.05. The molecule has 0 aliphatic carbocycles. The molecule has 28 heavy (non-hydrogen) atoms. The molecule has 0 amide bonds. The molecule has 5 nitrogen and oxygen atoms in total. The molecule has 1 aliphatic rings. The van der Waals surface area contributed by atoms with Gasteiger partial charge in [0, 0.05) is 5.02 Å². The Morgan fingerprint density at radius 2 is 1.75 bits per heavy atom. The molecule has 0 spiro atoms. The summed E-state index contributed by atoms with van der Waals surface area (Å²) in [6.45, 7) is 2.56. The molecular formula is C21H25ClO5S. The van der Waals surface area contributed by atoms with E-state index in [1.165, 1.54) is 11.8 Å². The second-order valence-electron chi connectivity index (χ2n) is 6.74. The van der Waals surface area contributed by atoms with Gasteiger partial charge in [-0.15, -0.1) is 11.8 Å². The number of halogens is 1. The smallest absolute Gasteiger partial charge is 0.132 e. The van der Waals surface area contributed by atoms with Gasteiger partial charge >= 0.3 is 0 Å². The largest absolute Gasteiger partial charge is 0.494 e. The SMILES string of the molecule is CCOc1ccc(Cc2cc(C3O[C@H](SC)[C@@H](O)[C@H](O)C3O)ccc2Cl)cc1. The maximum atomic E-state index is 10.4. The van der Waals surface area contributed by atoms with Gasteiger partial charge in [-0.05, 0) is 54.5 Å². The lowest BCUT2D eigenvalue weighted by Crippen LogP contribution is -2.52. The van der Waals surface area contributed by atoms with Crippen LogP contribution in [0.2, 0.25) is 5.02 Å². The molecule has 0 radical (unpaired) electrons. The van der Waals surface area contributed by atoms with Crippen LogP contribution in [0, 0.1) is 0 Å². The van der Waals surface area contributed by atoms with Gasteiger partial charge in [0.15, 0.2) is 0 Å². The van der Waals surface area contributed by atoms with Gasteiger partial charge in [0.25, 0.3) is 0 Å². The third kappa shape index (κ3) is 4.64. The molecule has 0 saturated carbocycles. The normalized spacial score (nSPS) is 27.6. The van der Waals surface area contributed by atoms with E-state index in [4.69, 9.17) is 21.1 Å². The second kappa shape index (κ2) is 9.48. The van der Waals surface area contributed by atoms with Crippen LogP contribution in [0.3, 0.4) is 0 Å². The zero-order valence-corrected chi connectivity index (χ0v) is 17.4. The van der Waals surface area contributed by atoms with Crippen LogP contribution in [0.15, 0.2) is 42.5 Å². The van der Waals surface area contributed by atoms with Gasteiger partial charge in [0.05, 0.1) is 6.61 Å². The van der Waals surface area contributed by atoms with Crippen LogP contribution in [0.4, 0.5) is 0 Å². The van der Waals surface area contributed by atoms with Crippen LogP contribution in [0.1, 0.15) is 29.7 Å². The quantitative estimate of drug-likeness (QED) is 0.661. The molecule has 7 heteroatoms. The Morgan fingerprint density at radius 3 is 2.39 bits per heavy atom. The molecule has 5 atom stereocenters. The minimum absolute atomic E-state index is 0.610. The third-order valence-electron chi connectivity index (χ3n) is 4.83. The number of rotatable bonds is 6. The Balaban J connectivity index is 1.82. The average Bonchev–Trinajstić information content (AvgIpc) is 2.70. The van der Waals surface area contributed by atoms with Gasteiger partial charge in [-0.2, -0.15) is 0 Å². The topological polar surface area (TPSA) is 79.2 Å². The Bertz CT molecular complexity index is 783. The van der Waals surface area contributed by atoms with E-state index in [1.807, 2.05) is 37.3 Å². The van der Waals surface area contributed by atoms with Crippen LogP contribution in [0.25, 0.3) is 0 Å². The van der Waals surface area contributed by atoms with Crippen molar-refractivity contribution in [1.29, 1.82) is 0 Å². The Kier molecular flexibility index (Phi) is 7.25. The number of ether oxygens (including phenoxy) is 2. The van der Waals surface area contributed by atoms with Gasteiger partial charge in [-0.3, -0.25) is 0 Å². The number of thioether (sulfide) groups is 1. The number of hydrogen-bond acceptors (Lipinski definition) is 6. The van der Waals surface area contributed by atoms with Gasteiger partial charge in [0.1, 0.15) is 35.6 Å². The number of aliphatic hydroxyl groups excluding tert-OH is 3. The van der Waals surface area contributed by atoms with E-state index < -0.39 is 29.9 Å². The van der Waals surface area contributed by atoms with Crippen molar-refractivity contribution in [2.24, 2.45) is 0 Å². The van der Waals surface area contributed by atoms with Gasteiger partial charge in [0.2, 0.25) is 0 Å². The lowest BCUT2D eigenvalue weighted by Gasteiger charge is -2.40. The van der Waals surface area contributed by atoms with Crippen LogP contribution in [-0.2, 0) is 11.2 Å². The Labute approximate surface area is 174 Å². The predicted octanol–water partition coefficient (Wildman–Crippen LogP) is 3.17. The molecule has 1 fully saturated rings. The zero-order chi connectivity index (χ0) is 20.3. The molecule has 1 saturated heterocycles. The predicted molar refractivity (Wildman–Crippen MR) is 111 cm³/mol. The molecule has 2 aromatic rings. The molecular weight excluding hydrogens is 400 g/mol. The van der Waals surface area contributed by atoms with Crippen molar-refractivity contribution in [3.8, 4) is 5.75 Å². The van der Waals surface area contributed by atoms with Crippen LogP contribution in [-0.4, -0.2) is 51.9 Å². The summed E-state index contributed by atoms with van der Waals surface area (Å²) >= 11 is 7.68. The maximum Gasteiger partial charge on any atom is 0.132 e. The summed E-state index contributed by atoms with van der Waals surface area (Å²) in [5.74, 6) is 0.820. The van der Waals surface area contributed by atoms with Crippen LogP contribution < -0.4 is 4.74 Å². The highest BCUT2D eigenvalue weighted by Crippen LogP contribution is 2.37. The lowest BCUT2D eigenvalue weighted by molar-refractivity contribution is -0.200. The van der Waals surface area contributed by atoms with Crippen molar-refractivity contribution >= 4 is 23.4 Å². The molecule has 2 unspecified atom stereocenters. The molecule has 2 aromatic carbocycles. The van der Waals surface area contributed by atoms with Gasteiger partial charge in [-0.25, -0.2) is 0 Å². The first-order chi connectivity index (χ1) is 13.4. The molecule has 1 aliphatic heterocycles. The first-order valence-corrected chi connectivity index (χ1v) is 10.8. The monoisotopic (exact) mass is 424 g/mol. The number of aliphatic hydroxyl groups is 3. The second-order valence-corrected chi connectivity index (χ2v) is 8.08. The summed E-state index contributed by atoms with van der Waals surface area (Å²) in [5, 5.41) is 31.2. The summed E-state index contributed by atoms with van der Waals surface area (Å²) in [5.41, 5.74) is 2.06. The maximum absolute atomic E-state index is 10.4. The summed E-state index contributed by atoms with van der Waals surface area (Å²) < 4.78 is 11.3. The number of hydrogen-bond donors (Lipinski definition) is 3. The first-order valence-electron chi connectivity index (χ1n) is 9.17. The molecule has 152 valence electrons. The highest BCUT2D eigenvalue weighted by atomic mass is 35.5. The summed E-state index contributed by atoms with van der Waals surface area (Å²) in [4.78, 5) is 0. The van der Waals surface area contributed by atoms with E-state index in [2.05, 4.69) is 0 Å². The summed E-state index contributed by atoms with van der Waals surface area (Å²) in [6.07, 6.45) is -1.99. The number of benzene rings is 2. The Morgan fingerprint density at radius 1 is 1.04 bits per heavy atom. The molecule has 3 N–H and O–H groups in total. The van der Waals surface area contributed by atoms with Crippen molar-refractivity contribution in [3.63, 3.8) is 0 Å². The molecule has 0 bridgehead atoms. The fourth-order valence-electron chi connectivity index (χ4n) is 3.32. The fraction of sp³-hybridized carbons (Fsp3) is 0.429. The Hall–Kier alpha value is -1.28. The van der Waals surface area contributed by atoms with E-state index in [0.29, 0.717) is 23.6 Å². The van der Waals surface area contributed by atoms with E-state index >= 15 is 0 Å². The van der Waals surface area contributed by atoms with E-state index in [9.17, 15) is 15.3 Å².